The van der Waals surface area contributed by atoms with Crippen molar-refractivity contribution in [2.45, 2.75) is 0 Å². The molecule has 0 aliphatic carbocycles. The van der Waals surface area contributed by atoms with E-state index in [-0.39, 0.29) is 0 Å². The Kier molecular flexibility index (Phi) is 4.00. The smallest absolute Gasteiger partial charge is 0.146 e. The van der Waals surface area contributed by atoms with Gasteiger partial charge in [0.15, 0.2) is 0 Å². The molecule has 1 aromatic heterocycles. The minimum atomic E-state index is 0.573. The second-order valence-corrected chi connectivity index (χ2v) is 3.06. The van der Waals surface area contributed by atoms with Crippen LogP contribution in [0.15, 0.2) is 31.5 Å². The molecule has 0 radical (unpaired) electrons. The van der Waals surface area contributed by atoms with Crippen LogP contribution in [0.25, 0.3) is 0 Å². The minimum Gasteiger partial charge on any atom is -0.360 e. The molecule has 0 aliphatic heterocycles. The van der Waals surface area contributed by atoms with E-state index >= 15 is 0 Å². The Hall–Kier alpha value is -1.49. The van der Waals surface area contributed by atoms with Gasteiger partial charge in [-0.15, -0.1) is 18.3 Å². The molecule has 14 heavy (non-hydrogen) atoms. The molecule has 1 aromatic rings. The summed E-state index contributed by atoms with van der Waals surface area (Å²) in [5.41, 5.74) is 0.842. The molecular weight excluding hydrogens is 196 g/mol. The van der Waals surface area contributed by atoms with Crippen molar-refractivity contribution < 1.29 is 0 Å². The normalized spacial score (nSPS) is 9.43. The summed E-state index contributed by atoms with van der Waals surface area (Å²) < 4.78 is 0.573. The maximum absolute atomic E-state index is 5.09. The van der Waals surface area contributed by atoms with Crippen molar-refractivity contribution >= 4 is 17.9 Å². The van der Waals surface area contributed by atoms with Gasteiger partial charge < -0.3 is 4.90 Å². The Morgan fingerprint density at radius 2 is 2.07 bits per heavy atom. The van der Waals surface area contributed by atoms with Gasteiger partial charge in [-0.05, 0) is 0 Å². The number of nitrogens with one attached hydrogen (secondary N) is 1. The summed E-state index contributed by atoms with van der Waals surface area (Å²) in [6.45, 7) is 8.77. The number of nitrogens with zero attached hydrogens (tertiary/aromatic N) is 3. The Morgan fingerprint density at radius 1 is 1.43 bits per heavy atom. The highest BCUT2D eigenvalue weighted by Gasteiger charge is 2.04. The summed E-state index contributed by atoms with van der Waals surface area (Å²) in [4.78, 5) is 2.01. The third kappa shape index (κ3) is 2.50. The highest BCUT2D eigenvalue weighted by Crippen LogP contribution is 2.11. The fraction of sp³-hybridized carbons (Fsp3) is 0.222. The first kappa shape index (κ1) is 10.6. The minimum absolute atomic E-state index is 0.573. The maximum atomic E-state index is 5.09. The monoisotopic (exact) mass is 208 g/mol. The number of hydrogen-bond acceptors (Lipinski definition) is 4. The van der Waals surface area contributed by atoms with Crippen LogP contribution < -0.4 is 4.90 Å². The number of aromatic nitrogens is 3. The van der Waals surface area contributed by atoms with E-state index in [1.807, 2.05) is 4.90 Å². The van der Waals surface area contributed by atoms with E-state index < -0.39 is 0 Å². The lowest BCUT2D eigenvalue weighted by Gasteiger charge is -2.20. The highest BCUT2D eigenvalue weighted by molar-refractivity contribution is 7.71. The molecule has 1 heterocycles. The number of H-pyrrole nitrogens is 1. The summed E-state index contributed by atoms with van der Waals surface area (Å²) in [6.07, 6.45) is 5.24. The molecule has 0 amide bonds. The SMILES string of the molecule is C=CCN(CC=C)c1cnn[nH]c1=S. The Morgan fingerprint density at radius 3 is 2.57 bits per heavy atom. The van der Waals surface area contributed by atoms with Crippen LogP contribution in [-0.2, 0) is 0 Å². The van der Waals surface area contributed by atoms with E-state index in [9.17, 15) is 0 Å². The summed E-state index contributed by atoms with van der Waals surface area (Å²) >= 11 is 5.09. The number of hydrogen-bond donors (Lipinski definition) is 1. The summed E-state index contributed by atoms with van der Waals surface area (Å²) in [5.74, 6) is 0. The number of aromatic amines is 1. The fourth-order valence-electron chi connectivity index (χ4n) is 1.08. The van der Waals surface area contributed by atoms with Gasteiger partial charge >= 0.3 is 0 Å². The molecule has 74 valence electrons. The van der Waals surface area contributed by atoms with Crippen LogP contribution in [0.1, 0.15) is 0 Å². The number of rotatable bonds is 5. The van der Waals surface area contributed by atoms with E-state index in [0.717, 1.165) is 5.69 Å². The average molecular weight is 208 g/mol. The standard InChI is InChI=1S/C9H12N4S/c1-3-5-13(6-4-2)8-7-10-12-11-9(8)14/h3-4,7H,1-2,5-6H2,(H,10,11,14). The maximum Gasteiger partial charge on any atom is 0.146 e. The third-order valence-electron chi connectivity index (χ3n) is 1.66. The Labute approximate surface area is 88.0 Å². The Bertz CT molecular complexity index is 361. The lowest BCUT2D eigenvalue weighted by atomic mass is 10.4. The lowest BCUT2D eigenvalue weighted by Crippen LogP contribution is -2.24. The first-order valence-electron chi connectivity index (χ1n) is 4.16. The molecule has 0 aromatic carbocycles. The first-order valence-corrected chi connectivity index (χ1v) is 4.57. The van der Waals surface area contributed by atoms with Crippen molar-refractivity contribution in [3.63, 3.8) is 0 Å². The lowest BCUT2D eigenvalue weighted by molar-refractivity contribution is 0.831. The van der Waals surface area contributed by atoms with Gasteiger partial charge in [0.2, 0.25) is 0 Å². The van der Waals surface area contributed by atoms with Crippen molar-refractivity contribution in [2.75, 3.05) is 18.0 Å². The van der Waals surface area contributed by atoms with Crippen LogP contribution in [0, 0.1) is 4.64 Å². The van der Waals surface area contributed by atoms with Crippen LogP contribution in [0.3, 0.4) is 0 Å². The summed E-state index contributed by atoms with van der Waals surface area (Å²) in [6, 6.07) is 0. The van der Waals surface area contributed by atoms with Gasteiger partial charge in [-0.1, -0.05) is 29.6 Å². The molecule has 0 aliphatic rings. The molecule has 0 saturated carbocycles. The third-order valence-corrected chi connectivity index (χ3v) is 1.96. The fourth-order valence-corrected chi connectivity index (χ4v) is 1.30. The van der Waals surface area contributed by atoms with Gasteiger partial charge in [-0.3, -0.25) is 0 Å². The van der Waals surface area contributed by atoms with E-state index in [2.05, 4.69) is 28.6 Å². The predicted molar refractivity (Wildman–Crippen MR) is 59.8 cm³/mol. The molecule has 0 fully saturated rings. The molecule has 1 rings (SSSR count). The second kappa shape index (κ2) is 5.29. The number of anilines is 1. The van der Waals surface area contributed by atoms with E-state index in [1.54, 1.807) is 18.3 Å². The molecule has 0 atom stereocenters. The van der Waals surface area contributed by atoms with E-state index in [1.165, 1.54) is 0 Å². The highest BCUT2D eigenvalue weighted by atomic mass is 32.1. The van der Waals surface area contributed by atoms with Crippen molar-refractivity contribution in [1.29, 1.82) is 0 Å². The van der Waals surface area contributed by atoms with E-state index in [0.29, 0.717) is 17.7 Å². The van der Waals surface area contributed by atoms with Gasteiger partial charge in [-0.25, -0.2) is 5.10 Å². The zero-order chi connectivity index (χ0) is 10.4. The zero-order valence-electron chi connectivity index (χ0n) is 7.81. The van der Waals surface area contributed by atoms with Gasteiger partial charge in [-0.2, -0.15) is 0 Å². The molecule has 0 unspecified atom stereocenters. The quantitative estimate of drug-likeness (QED) is 0.591. The van der Waals surface area contributed by atoms with Gasteiger partial charge in [0.25, 0.3) is 0 Å². The molecule has 4 nitrogen and oxygen atoms in total. The summed E-state index contributed by atoms with van der Waals surface area (Å²) in [7, 11) is 0. The molecule has 0 bridgehead atoms. The average Bonchev–Trinajstić information content (AvgIpc) is 2.18. The van der Waals surface area contributed by atoms with Crippen LogP contribution >= 0.6 is 12.2 Å². The van der Waals surface area contributed by atoms with Gasteiger partial charge in [0.1, 0.15) is 4.64 Å². The van der Waals surface area contributed by atoms with Crippen LogP contribution in [0.4, 0.5) is 5.69 Å². The van der Waals surface area contributed by atoms with Crippen LogP contribution in [0.2, 0.25) is 0 Å². The van der Waals surface area contributed by atoms with Crippen molar-refractivity contribution in [1.82, 2.24) is 15.4 Å². The largest absolute Gasteiger partial charge is 0.360 e. The molecular formula is C9H12N4S. The molecule has 5 heteroatoms. The topological polar surface area (TPSA) is 44.8 Å². The van der Waals surface area contributed by atoms with Crippen molar-refractivity contribution in [3.8, 4) is 0 Å². The zero-order valence-corrected chi connectivity index (χ0v) is 8.63. The molecule has 0 spiro atoms. The van der Waals surface area contributed by atoms with Gasteiger partial charge in [0.05, 0.1) is 11.9 Å². The predicted octanol–water partition coefficient (Wildman–Crippen LogP) is 1.71. The van der Waals surface area contributed by atoms with Crippen molar-refractivity contribution in [2.24, 2.45) is 0 Å². The van der Waals surface area contributed by atoms with Crippen LogP contribution in [-0.4, -0.2) is 28.5 Å². The van der Waals surface area contributed by atoms with E-state index in [4.69, 9.17) is 12.2 Å². The second-order valence-electron chi connectivity index (χ2n) is 2.65. The first-order chi connectivity index (χ1) is 6.79. The van der Waals surface area contributed by atoms with Crippen molar-refractivity contribution in [3.05, 3.63) is 36.1 Å². The van der Waals surface area contributed by atoms with Crippen LogP contribution in [0.5, 0.6) is 0 Å². The molecule has 0 saturated heterocycles. The summed E-state index contributed by atoms with van der Waals surface area (Å²) in [5, 5.41) is 9.98. The molecule has 1 N–H and O–H groups in total. The van der Waals surface area contributed by atoms with Gasteiger partial charge in [0, 0.05) is 13.1 Å². The Balaban J connectivity index is 2.97.